The summed E-state index contributed by atoms with van der Waals surface area (Å²) in [6.07, 6.45) is 1.41. The molecule has 0 radical (unpaired) electrons. The normalized spacial score (nSPS) is 12.0. The maximum absolute atomic E-state index is 5.90. The number of para-hydroxylation sites is 1. The summed E-state index contributed by atoms with van der Waals surface area (Å²) in [6, 6.07) is 19.9. The number of aromatic nitrogens is 1. The number of guanidine groups is 1. The second-order valence-corrected chi connectivity index (χ2v) is 4.95. The van der Waals surface area contributed by atoms with Crippen LogP contribution in [0, 0.1) is 0 Å². The molecule has 3 rings (SSSR count). The molecule has 0 spiro atoms. The smallest absolute Gasteiger partial charge is 0.199 e. The second kappa shape index (κ2) is 6.70. The van der Waals surface area contributed by atoms with Gasteiger partial charge < -0.3 is 11.1 Å². The van der Waals surface area contributed by atoms with Crippen molar-refractivity contribution in [2.45, 2.75) is 0 Å². The molecule has 0 aliphatic carbocycles. The van der Waals surface area contributed by atoms with Gasteiger partial charge in [0.2, 0.25) is 0 Å². The first-order chi connectivity index (χ1) is 11.3. The van der Waals surface area contributed by atoms with Crippen molar-refractivity contribution in [3.8, 4) is 11.3 Å². The number of nitrogens with one attached hydrogen (secondary N) is 1. The van der Waals surface area contributed by atoms with Crippen molar-refractivity contribution < 1.29 is 0 Å². The number of fused-ring (bicyclic) bond motifs is 1. The van der Waals surface area contributed by atoms with Gasteiger partial charge in [0.25, 0.3) is 0 Å². The van der Waals surface area contributed by atoms with E-state index in [1.807, 2.05) is 60.7 Å². The number of benzene rings is 2. The van der Waals surface area contributed by atoms with Crippen LogP contribution in [0.25, 0.3) is 22.2 Å². The van der Waals surface area contributed by atoms with Crippen LogP contribution in [-0.2, 0) is 0 Å². The molecule has 3 aromatic rings. The molecule has 5 heteroatoms. The predicted octanol–water partition coefficient (Wildman–Crippen LogP) is 3.29. The minimum atomic E-state index is 0.283. The van der Waals surface area contributed by atoms with Gasteiger partial charge in [-0.25, -0.2) is 9.98 Å². The van der Waals surface area contributed by atoms with Gasteiger partial charge in [-0.2, -0.15) is 0 Å². The zero-order valence-corrected chi connectivity index (χ0v) is 12.8. The van der Waals surface area contributed by atoms with E-state index in [0.29, 0.717) is 0 Å². The van der Waals surface area contributed by atoms with Gasteiger partial charge in [0.05, 0.1) is 16.9 Å². The molecule has 0 atom stereocenters. The number of pyridine rings is 1. The summed E-state index contributed by atoms with van der Waals surface area (Å²) in [5.41, 5.74) is 9.58. The minimum absolute atomic E-state index is 0.283. The van der Waals surface area contributed by atoms with Gasteiger partial charge in [0, 0.05) is 18.0 Å². The van der Waals surface area contributed by atoms with Gasteiger partial charge in [-0.15, -0.1) is 0 Å². The zero-order chi connectivity index (χ0) is 16.1. The quantitative estimate of drug-likeness (QED) is 0.576. The summed E-state index contributed by atoms with van der Waals surface area (Å²) in [4.78, 5) is 12.5. The van der Waals surface area contributed by atoms with Crippen molar-refractivity contribution >= 4 is 28.9 Å². The van der Waals surface area contributed by atoms with E-state index in [1.54, 1.807) is 7.05 Å². The fraction of sp³-hybridized carbons (Fsp3) is 0.0556. The highest BCUT2D eigenvalue weighted by molar-refractivity contribution is 6.04. The number of rotatable bonds is 3. The fourth-order valence-electron chi connectivity index (χ4n) is 2.33. The molecule has 0 bridgehead atoms. The van der Waals surface area contributed by atoms with Crippen LogP contribution in [0.3, 0.4) is 0 Å². The number of hydrogen-bond acceptors (Lipinski definition) is 2. The first-order valence-electron chi connectivity index (χ1n) is 7.24. The molecule has 0 saturated heterocycles. The first-order valence-corrected chi connectivity index (χ1v) is 7.24. The Bertz CT molecular complexity index is 869. The lowest BCUT2D eigenvalue weighted by Gasteiger charge is -2.11. The second-order valence-electron chi connectivity index (χ2n) is 4.95. The average molecular weight is 303 g/mol. The Kier molecular flexibility index (Phi) is 4.29. The summed E-state index contributed by atoms with van der Waals surface area (Å²) < 4.78 is 0. The van der Waals surface area contributed by atoms with Crippen LogP contribution in [0.5, 0.6) is 0 Å². The van der Waals surface area contributed by atoms with Crippen molar-refractivity contribution in [3.63, 3.8) is 0 Å². The number of hydrogen-bond donors (Lipinski definition) is 2. The molecule has 114 valence electrons. The number of nitrogens with zero attached hydrogens (tertiary/aromatic N) is 3. The largest absolute Gasteiger partial charge is 0.369 e. The van der Waals surface area contributed by atoms with Gasteiger partial charge >= 0.3 is 0 Å². The van der Waals surface area contributed by atoms with Crippen LogP contribution in [-0.4, -0.2) is 24.3 Å². The highest BCUT2D eigenvalue weighted by Crippen LogP contribution is 2.28. The van der Waals surface area contributed by atoms with Crippen molar-refractivity contribution in [1.29, 1.82) is 0 Å². The lowest BCUT2D eigenvalue weighted by Crippen LogP contribution is -2.22. The molecule has 2 aromatic carbocycles. The Hall–Kier alpha value is -3.21. The number of anilines is 1. The Labute approximate surface area is 134 Å². The topological polar surface area (TPSA) is 75.7 Å². The molecule has 23 heavy (non-hydrogen) atoms. The lowest BCUT2D eigenvalue weighted by atomic mass is 10.1. The Morgan fingerprint density at radius 3 is 2.61 bits per heavy atom. The van der Waals surface area contributed by atoms with E-state index in [0.717, 1.165) is 27.8 Å². The van der Waals surface area contributed by atoms with E-state index in [2.05, 4.69) is 15.3 Å². The molecule has 1 heterocycles. The molecule has 0 saturated carbocycles. The van der Waals surface area contributed by atoms with E-state index in [4.69, 9.17) is 10.7 Å². The first kappa shape index (κ1) is 14.7. The highest BCUT2D eigenvalue weighted by Gasteiger charge is 2.08. The van der Waals surface area contributed by atoms with E-state index in [9.17, 15) is 0 Å². The van der Waals surface area contributed by atoms with Gasteiger partial charge in [0.1, 0.15) is 6.34 Å². The van der Waals surface area contributed by atoms with Crippen LogP contribution < -0.4 is 11.1 Å². The molecule has 0 aliphatic heterocycles. The molecular weight excluding hydrogens is 286 g/mol. The monoisotopic (exact) mass is 303 g/mol. The van der Waals surface area contributed by atoms with Crippen LogP contribution in [0.1, 0.15) is 0 Å². The van der Waals surface area contributed by atoms with Crippen molar-refractivity contribution in [2.75, 3.05) is 12.4 Å². The van der Waals surface area contributed by atoms with Crippen LogP contribution in [0.15, 0.2) is 70.6 Å². The molecular formula is C18H17N5. The van der Waals surface area contributed by atoms with Crippen LogP contribution >= 0.6 is 0 Å². The van der Waals surface area contributed by atoms with Gasteiger partial charge in [-0.05, 0) is 12.1 Å². The van der Waals surface area contributed by atoms with E-state index < -0.39 is 0 Å². The maximum Gasteiger partial charge on any atom is 0.199 e. The molecule has 0 fully saturated rings. The van der Waals surface area contributed by atoms with Gasteiger partial charge in [-0.1, -0.05) is 48.5 Å². The van der Waals surface area contributed by atoms with Crippen molar-refractivity contribution in [2.24, 2.45) is 15.7 Å². The maximum atomic E-state index is 5.90. The lowest BCUT2D eigenvalue weighted by molar-refractivity contribution is 1.39. The number of nitrogens with two attached hydrogens (primary N) is 1. The zero-order valence-electron chi connectivity index (χ0n) is 12.8. The Balaban J connectivity index is 2.11. The molecule has 0 aliphatic rings. The molecule has 3 N–H and O–H groups in total. The molecule has 5 nitrogen and oxygen atoms in total. The summed E-state index contributed by atoms with van der Waals surface area (Å²) in [6.45, 7) is 0. The van der Waals surface area contributed by atoms with Crippen molar-refractivity contribution in [1.82, 2.24) is 4.98 Å². The summed E-state index contributed by atoms with van der Waals surface area (Å²) in [5, 5.41) is 4.11. The van der Waals surface area contributed by atoms with Crippen LogP contribution in [0.2, 0.25) is 0 Å². The number of aliphatic imine (C=N–C) groups is 2. The predicted molar refractivity (Wildman–Crippen MR) is 96.8 cm³/mol. The molecule has 0 unspecified atom stereocenters. The van der Waals surface area contributed by atoms with Gasteiger partial charge in [-0.3, -0.25) is 4.99 Å². The standard InChI is InChI=1S/C18H17N5/c1-20-12-21-18(19)23-17-11-16(13-7-3-2-4-8-13)22-15-10-6-5-9-14(15)17/h2-12H,1H3,(H3,19,20,21,22,23). The van der Waals surface area contributed by atoms with E-state index >= 15 is 0 Å². The Morgan fingerprint density at radius 2 is 1.83 bits per heavy atom. The van der Waals surface area contributed by atoms with Crippen LogP contribution in [0.4, 0.5) is 5.69 Å². The molecule has 1 aromatic heterocycles. The molecule has 0 amide bonds. The third-order valence-corrected chi connectivity index (χ3v) is 3.36. The Morgan fingerprint density at radius 1 is 1.09 bits per heavy atom. The summed E-state index contributed by atoms with van der Waals surface area (Å²) >= 11 is 0. The third kappa shape index (κ3) is 3.35. The SMILES string of the molecule is CN=CN=C(N)Nc1cc(-c2ccccc2)nc2ccccc12. The fourth-order valence-corrected chi connectivity index (χ4v) is 2.33. The minimum Gasteiger partial charge on any atom is -0.369 e. The van der Waals surface area contributed by atoms with Gasteiger partial charge in [0.15, 0.2) is 5.96 Å². The summed E-state index contributed by atoms with van der Waals surface area (Å²) in [5.74, 6) is 0.283. The average Bonchev–Trinajstić information content (AvgIpc) is 2.60. The third-order valence-electron chi connectivity index (χ3n) is 3.36. The van der Waals surface area contributed by atoms with Crippen molar-refractivity contribution in [3.05, 3.63) is 60.7 Å². The van der Waals surface area contributed by atoms with E-state index in [1.165, 1.54) is 6.34 Å². The van der Waals surface area contributed by atoms with E-state index in [-0.39, 0.29) is 5.96 Å². The summed E-state index contributed by atoms with van der Waals surface area (Å²) in [7, 11) is 1.64. The highest BCUT2D eigenvalue weighted by atomic mass is 15.1.